The van der Waals surface area contributed by atoms with Gasteiger partial charge < -0.3 is 4.42 Å². The standard InChI is InChI=1S/C15H15N3O4S/c1-17(10-11-4-3-7-16-9-11)23(20,21)12-5-6-14-13(8-12)18(2)15(19)22-14/h3-9H,10H2,1-2H3. The van der Waals surface area contributed by atoms with Gasteiger partial charge in [-0.1, -0.05) is 6.07 Å². The minimum Gasteiger partial charge on any atom is -0.408 e. The Hall–Kier alpha value is -2.45. The first-order chi connectivity index (χ1) is 10.9. The molecule has 0 N–H and O–H groups in total. The molecule has 120 valence electrons. The first-order valence-corrected chi connectivity index (χ1v) is 8.28. The lowest BCUT2D eigenvalue weighted by molar-refractivity contribution is 0.466. The molecule has 7 nitrogen and oxygen atoms in total. The third kappa shape index (κ3) is 2.78. The average Bonchev–Trinajstić information content (AvgIpc) is 2.82. The molecule has 0 amide bonds. The van der Waals surface area contributed by atoms with Crippen LogP contribution >= 0.6 is 0 Å². The summed E-state index contributed by atoms with van der Waals surface area (Å²) >= 11 is 0. The zero-order valence-electron chi connectivity index (χ0n) is 12.6. The largest absolute Gasteiger partial charge is 0.419 e. The summed E-state index contributed by atoms with van der Waals surface area (Å²) in [5, 5.41) is 0. The predicted octanol–water partition coefficient (Wildman–Crippen LogP) is 1.35. The summed E-state index contributed by atoms with van der Waals surface area (Å²) in [6.45, 7) is 0.207. The maximum Gasteiger partial charge on any atom is 0.419 e. The van der Waals surface area contributed by atoms with Crippen LogP contribution in [0.5, 0.6) is 0 Å². The highest BCUT2D eigenvalue weighted by molar-refractivity contribution is 7.89. The highest BCUT2D eigenvalue weighted by Crippen LogP contribution is 2.21. The van der Waals surface area contributed by atoms with Crippen molar-refractivity contribution in [2.75, 3.05) is 7.05 Å². The number of fused-ring (bicyclic) bond motifs is 1. The van der Waals surface area contributed by atoms with Gasteiger partial charge in [0.05, 0.1) is 10.4 Å². The number of hydrogen-bond acceptors (Lipinski definition) is 5. The van der Waals surface area contributed by atoms with E-state index in [2.05, 4.69) is 4.98 Å². The average molecular weight is 333 g/mol. The lowest BCUT2D eigenvalue weighted by Gasteiger charge is -2.17. The van der Waals surface area contributed by atoms with Gasteiger partial charge in [-0.05, 0) is 29.8 Å². The van der Waals surface area contributed by atoms with Gasteiger partial charge in [0.2, 0.25) is 10.0 Å². The van der Waals surface area contributed by atoms with Crippen LogP contribution in [0.1, 0.15) is 5.56 Å². The Kier molecular flexibility index (Phi) is 3.78. The monoisotopic (exact) mass is 333 g/mol. The van der Waals surface area contributed by atoms with E-state index < -0.39 is 15.8 Å². The van der Waals surface area contributed by atoms with Crippen molar-refractivity contribution >= 4 is 21.1 Å². The smallest absolute Gasteiger partial charge is 0.408 e. The van der Waals surface area contributed by atoms with E-state index in [-0.39, 0.29) is 11.4 Å². The summed E-state index contributed by atoms with van der Waals surface area (Å²) in [6.07, 6.45) is 3.25. The molecular formula is C15H15N3O4S. The van der Waals surface area contributed by atoms with Gasteiger partial charge in [0.1, 0.15) is 0 Å². The second-order valence-corrected chi connectivity index (χ2v) is 7.22. The van der Waals surface area contributed by atoms with Crippen LogP contribution in [0, 0.1) is 0 Å². The van der Waals surface area contributed by atoms with Crippen molar-refractivity contribution in [2.45, 2.75) is 11.4 Å². The number of pyridine rings is 1. The Labute approximate surface area is 132 Å². The molecule has 1 aromatic carbocycles. The van der Waals surface area contributed by atoms with Crippen molar-refractivity contribution in [3.05, 3.63) is 58.8 Å². The zero-order chi connectivity index (χ0) is 16.6. The lowest BCUT2D eigenvalue weighted by atomic mass is 10.3. The highest BCUT2D eigenvalue weighted by Gasteiger charge is 2.22. The summed E-state index contributed by atoms with van der Waals surface area (Å²) in [4.78, 5) is 15.6. The SMILES string of the molecule is CN(Cc1cccnc1)S(=O)(=O)c1ccc2oc(=O)n(C)c2c1. The number of sulfonamides is 1. The van der Waals surface area contributed by atoms with E-state index in [0.717, 1.165) is 5.56 Å². The molecular weight excluding hydrogens is 318 g/mol. The minimum absolute atomic E-state index is 0.104. The molecule has 0 aliphatic heterocycles. The van der Waals surface area contributed by atoms with Crippen LogP contribution in [0.3, 0.4) is 0 Å². The minimum atomic E-state index is -3.69. The number of aromatic nitrogens is 2. The van der Waals surface area contributed by atoms with Crippen molar-refractivity contribution in [3.63, 3.8) is 0 Å². The van der Waals surface area contributed by atoms with E-state index in [1.165, 1.54) is 41.2 Å². The Morgan fingerprint density at radius 2 is 2.09 bits per heavy atom. The van der Waals surface area contributed by atoms with Gasteiger partial charge in [0.25, 0.3) is 0 Å². The number of hydrogen-bond donors (Lipinski definition) is 0. The quantitative estimate of drug-likeness (QED) is 0.719. The third-order valence-electron chi connectivity index (χ3n) is 3.60. The molecule has 3 aromatic rings. The summed E-state index contributed by atoms with van der Waals surface area (Å²) < 4.78 is 32.9. The molecule has 0 aliphatic rings. The second-order valence-electron chi connectivity index (χ2n) is 5.18. The molecule has 0 radical (unpaired) electrons. The van der Waals surface area contributed by atoms with Gasteiger partial charge in [0, 0.05) is 33.0 Å². The van der Waals surface area contributed by atoms with Gasteiger partial charge in [0.15, 0.2) is 5.58 Å². The number of benzene rings is 1. The van der Waals surface area contributed by atoms with E-state index in [4.69, 9.17) is 4.42 Å². The second kappa shape index (κ2) is 5.64. The molecule has 0 aliphatic carbocycles. The van der Waals surface area contributed by atoms with Crippen LogP contribution in [-0.2, 0) is 23.6 Å². The van der Waals surface area contributed by atoms with Crippen molar-refractivity contribution in [3.8, 4) is 0 Å². The molecule has 0 unspecified atom stereocenters. The van der Waals surface area contributed by atoms with Crippen molar-refractivity contribution in [1.82, 2.24) is 13.9 Å². The van der Waals surface area contributed by atoms with Gasteiger partial charge in [-0.3, -0.25) is 9.55 Å². The van der Waals surface area contributed by atoms with E-state index in [1.54, 1.807) is 18.5 Å². The van der Waals surface area contributed by atoms with Crippen LogP contribution in [0.15, 0.2) is 56.8 Å². The fourth-order valence-corrected chi connectivity index (χ4v) is 3.46. The van der Waals surface area contributed by atoms with Crippen molar-refractivity contribution in [1.29, 1.82) is 0 Å². The maximum absolute atomic E-state index is 12.7. The van der Waals surface area contributed by atoms with Crippen molar-refractivity contribution in [2.24, 2.45) is 7.05 Å². The first-order valence-electron chi connectivity index (χ1n) is 6.84. The number of oxazole rings is 1. The Morgan fingerprint density at radius 3 is 2.78 bits per heavy atom. The topological polar surface area (TPSA) is 85.4 Å². The van der Waals surface area contributed by atoms with Crippen LogP contribution in [0.4, 0.5) is 0 Å². The lowest BCUT2D eigenvalue weighted by Crippen LogP contribution is -2.26. The van der Waals surface area contributed by atoms with E-state index in [1.807, 2.05) is 6.07 Å². The fourth-order valence-electron chi connectivity index (χ4n) is 2.28. The summed E-state index contributed by atoms with van der Waals surface area (Å²) in [6, 6.07) is 7.92. The molecule has 0 fully saturated rings. The molecule has 0 saturated heterocycles. The van der Waals surface area contributed by atoms with Gasteiger partial charge in [-0.15, -0.1) is 0 Å². The van der Waals surface area contributed by atoms with Gasteiger partial charge in [-0.2, -0.15) is 4.31 Å². The molecule has 8 heteroatoms. The van der Waals surface area contributed by atoms with E-state index in [9.17, 15) is 13.2 Å². The fraction of sp³-hybridized carbons (Fsp3) is 0.200. The molecule has 0 saturated carbocycles. The zero-order valence-corrected chi connectivity index (χ0v) is 13.4. The first kappa shape index (κ1) is 15.4. The van der Waals surface area contributed by atoms with Crippen LogP contribution in [-0.4, -0.2) is 29.3 Å². The molecule has 3 rings (SSSR count). The van der Waals surface area contributed by atoms with E-state index >= 15 is 0 Å². The molecule has 2 heterocycles. The predicted molar refractivity (Wildman–Crippen MR) is 84.3 cm³/mol. The number of aryl methyl sites for hydroxylation is 1. The summed E-state index contributed by atoms with van der Waals surface area (Å²) in [5.41, 5.74) is 1.58. The number of nitrogens with zero attached hydrogens (tertiary/aromatic N) is 3. The molecule has 23 heavy (non-hydrogen) atoms. The molecule has 0 atom stereocenters. The van der Waals surface area contributed by atoms with Crippen molar-refractivity contribution < 1.29 is 12.8 Å². The Morgan fingerprint density at radius 1 is 1.30 bits per heavy atom. The Bertz CT molecular complexity index is 1010. The van der Waals surface area contributed by atoms with Crippen LogP contribution < -0.4 is 5.76 Å². The Balaban J connectivity index is 1.98. The molecule has 2 aromatic heterocycles. The van der Waals surface area contributed by atoms with Gasteiger partial charge in [-0.25, -0.2) is 13.2 Å². The third-order valence-corrected chi connectivity index (χ3v) is 5.40. The highest BCUT2D eigenvalue weighted by atomic mass is 32.2. The van der Waals surface area contributed by atoms with Crippen LogP contribution in [0.2, 0.25) is 0 Å². The molecule has 0 bridgehead atoms. The van der Waals surface area contributed by atoms with Crippen LogP contribution in [0.25, 0.3) is 11.1 Å². The number of rotatable bonds is 4. The normalized spacial score (nSPS) is 12.1. The summed E-state index contributed by atoms with van der Waals surface area (Å²) in [7, 11) is -0.655. The maximum atomic E-state index is 12.7. The van der Waals surface area contributed by atoms with Gasteiger partial charge >= 0.3 is 5.76 Å². The summed E-state index contributed by atoms with van der Waals surface area (Å²) in [5.74, 6) is -0.529. The van der Waals surface area contributed by atoms with E-state index in [0.29, 0.717) is 11.1 Å². The molecule has 0 spiro atoms.